The summed E-state index contributed by atoms with van der Waals surface area (Å²) in [6, 6.07) is 4.62. The molecule has 15 heavy (non-hydrogen) atoms. The van der Waals surface area contributed by atoms with Crippen LogP contribution in [0, 0.1) is 5.41 Å². The number of anilines is 1. The molecule has 5 nitrogen and oxygen atoms in total. The molecular weight excluding hydrogens is 201 g/mol. The van der Waals surface area contributed by atoms with Gasteiger partial charge in [-0.25, -0.2) is 14.2 Å². The SMILES string of the molecule is CC(F)(C(=O)O)N(C=N)c1ccccn1. The van der Waals surface area contributed by atoms with Gasteiger partial charge in [-0.05, 0) is 12.1 Å². The van der Waals surface area contributed by atoms with Gasteiger partial charge in [0.15, 0.2) is 0 Å². The second-order valence-corrected chi connectivity index (χ2v) is 2.95. The molecule has 1 rings (SSSR count). The molecule has 1 aromatic rings. The Morgan fingerprint density at radius 1 is 1.73 bits per heavy atom. The van der Waals surface area contributed by atoms with Crippen LogP contribution in [-0.4, -0.2) is 28.2 Å². The zero-order valence-corrected chi connectivity index (χ0v) is 8.01. The van der Waals surface area contributed by atoms with Gasteiger partial charge in [0.2, 0.25) is 0 Å². The van der Waals surface area contributed by atoms with Crippen LogP contribution in [0.5, 0.6) is 0 Å². The van der Waals surface area contributed by atoms with Crippen molar-refractivity contribution < 1.29 is 14.3 Å². The monoisotopic (exact) mass is 211 g/mol. The Kier molecular flexibility index (Phi) is 2.99. The summed E-state index contributed by atoms with van der Waals surface area (Å²) in [5.74, 6) is -4.28. The van der Waals surface area contributed by atoms with Crippen molar-refractivity contribution in [2.75, 3.05) is 4.90 Å². The first-order valence-electron chi connectivity index (χ1n) is 4.13. The molecule has 0 saturated heterocycles. The van der Waals surface area contributed by atoms with Gasteiger partial charge in [-0.3, -0.25) is 10.3 Å². The normalized spacial score (nSPS) is 14.0. The molecule has 80 valence electrons. The minimum atomic E-state index is -2.68. The van der Waals surface area contributed by atoms with E-state index >= 15 is 0 Å². The van der Waals surface area contributed by atoms with Crippen molar-refractivity contribution in [2.45, 2.75) is 12.7 Å². The molecule has 1 atom stereocenters. The summed E-state index contributed by atoms with van der Waals surface area (Å²) in [4.78, 5) is 15.1. The summed E-state index contributed by atoms with van der Waals surface area (Å²) in [6.07, 6.45) is 1.99. The number of carbonyl (C=O) groups is 1. The zero-order chi connectivity index (χ0) is 11.5. The van der Waals surface area contributed by atoms with Crippen LogP contribution in [-0.2, 0) is 4.79 Å². The van der Waals surface area contributed by atoms with Crippen LogP contribution in [0.25, 0.3) is 0 Å². The van der Waals surface area contributed by atoms with Crippen LogP contribution >= 0.6 is 0 Å². The molecule has 2 N–H and O–H groups in total. The lowest BCUT2D eigenvalue weighted by Gasteiger charge is -2.27. The van der Waals surface area contributed by atoms with E-state index in [0.717, 1.165) is 6.92 Å². The van der Waals surface area contributed by atoms with Crippen molar-refractivity contribution in [3.05, 3.63) is 24.4 Å². The average Bonchev–Trinajstić information content (AvgIpc) is 2.19. The van der Waals surface area contributed by atoms with Crippen molar-refractivity contribution in [2.24, 2.45) is 0 Å². The van der Waals surface area contributed by atoms with Crippen LogP contribution in [0.1, 0.15) is 6.92 Å². The number of hydrogen-bond donors (Lipinski definition) is 2. The Labute approximate surface area is 85.7 Å². The van der Waals surface area contributed by atoms with Crippen LogP contribution in [0.3, 0.4) is 0 Å². The number of pyridine rings is 1. The highest BCUT2D eigenvalue weighted by Gasteiger charge is 2.40. The first kappa shape index (κ1) is 11.1. The summed E-state index contributed by atoms with van der Waals surface area (Å²) in [5.41, 5.74) is 0. The van der Waals surface area contributed by atoms with Crippen LogP contribution < -0.4 is 4.90 Å². The molecule has 0 aliphatic rings. The third-order valence-corrected chi connectivity index (χ3v) is 1.87. The second kappa shape index (κ2) is 4.04. The minimum Gasteiger partial charge on any atom is -0.477 e. The lowest BCUT2D eigenvalue weighted by molar-refractivity contribution is -0.148. The zero-order valence-electron chi connectivity index (χ0n) is 8.01. The van der Waals surface area contributed by atoms with E-state index in [1.165, 1.54) is 12.3 Å². The standard InChI is InChI=1S/C9H10FN3O2/c1-9(10,8(14)15)13(6-11)7-4-2-3-5-12-7/h2-6,11H,1H3,(H,14,15). The van der Waals surface area contributed by atoms with E-state index in [-0.39, 0.29) is 5.82 Å². The van der Waals surface area contributed by atoms with Crippen molar-refractivity contribution in [3.63, 3.8) is 0 Å². The molecule has 0 aliphatic heterocycles. The fourth-order valence-electron chi connectivity index (χ4n) is 1.00. The van der Waals surface area contributed by atoms with Crippen molar-refractivity contribution in [1.29, 1.82) is 5.41 Å². The predicted molar refractivity (Wildman–Crippen MR) is 52.6 cm³/mol. The highest BCUT2D eigenvalue weighted by molar-refractivity contribution is 5.90. The first-order valence-corrected chi connectivity index (χ1v) is 4.13. The van der Waals surface area contributed by atoms with Gasteiger partial charge in [0.1, 0.15) is 5.82 Å². The minimum absolute atomic E-state index is 0.0694. The van der Waals surface area contributed by atoms with E-state index in [9.17, 15) is 9.18 Å². The third-order valence-electron chi connectivity index (χ3n) is 1.87. The largest absolute Gasteiger partial charge is 0.477 e. The number of carboxylic acid groups (broad SMARTS) is 1. The molecule has 0 bridgehead atoms. The molecule has 0 aliphatic carbocycles. The number of rotatable bonds is 4. The predicted octanol–water partition coefficient (Wildman–Crippen LogP) is 1.27. The van der Waals surface area contributed by atoms with Gasteiger partial charge in [-0.1, -0.05) is 6.07 Å². The Balaban J connectivity index is 3.10. The Morgan fingerprint density at radius 3 is 2.80 bits per heavy atom. The van der Waals surface area contributed by atoms with Gasteiger partial charge in [0.25, 0.3) is 5.79 Å². The molecule has 1 unspecified atom stereocenters. The lowest BCUT2D eigenvalue weighted by atomic mass is 10.2. The molecule has 0 amide bonds. The van der Waals surface area contributed by atoms with Gasteiger partial charge < -0.3 is 5.11 Å². The maximum Gasteiger partial charge on any atom is 0.362 e. The molecular formula is C9H10FN3O2. The maximum absolute atomic E-state index is 13.7. The van der Waals surface area contributed by atoms with E-state index in [0.29, 0.717) is 11.2 Å². The second-order valence-electron chi connectivity index (χ2n) is 2.95. The van der Waals surface area contributed by atoms with Gasteiger partial charge >= 0.3 is 5.97 Å². The van der Waals surface area contributed by atoms with Crippen LogP contribution in [0.4, 0.5) is 10.2 Å². The number of nitrogens with zero attached hydrogens (tertiary/aromatic N) is 2. The van der Waals surface area contributed by atoms with Crippen molar-refractivity contribution >= 4 is 18.1 Å². The average molecular weight is 211 g/mol. The molecule has 6 heteroatoms. The summed E-state index contributed by atoms with van der Waals surface area (Å²) >= 11 is 0. The summed E-state index contributed by atoms with van der Waals surface area (Å²) in [6.45, 7) is 0.856. The number of alkyl halides is 1. The molecule has 0 fully saturated rings. The Morgan fingerprint density at radius 2 is 2.40 bits per heavy atom. The highest BCUT2D eigenvalue weighted by Crippen LogP contribution is 2.21. The fraction of sp³-hybridized carbons (Fsp3) is 0.222. The van der Waals surface area contributed by atoms with E-state index in [1.807, 2.05) is 0 Å². The molecule has 0 radical (unpaired) electrons. The summed E-state index contributed by atoms with van der Waals surface area (Å²) < 4.78 is 13.7. The van der Waals surface area contributed by atoms with E-state index in [1.54, 1.807) is 12.1 Å². The van der Waals surface area contributed by atoms with Crippen molar-refractivity contribution in [3.8, 4) is 0 Å². The fourth-order valence-corrected chi connectivity index (χ4v) is 1.00. The highest BCUT2D eigenvalue weighted by atomic mass is 19.1. The first-order chi connectivity index (χ1) is 7.00. The van der Waals surface area contributed by atoms with Gasteiger partial charge in [0, 0.05) is 13.1 Å². The molecule has 1 heterocycles. The number of carboxylic acids is 1. The van der Waals surface area contributed by atoms with E-state index < -0.39 is 11.8 Å². The molecule has 0 saturated carbocycles. The van der Waals surface area contributed by atoms with Crippen LogP contribution in [0.2, 0.25) is 0 Å². The number of aromatic nitrogens is 1. The quantitative estimate of drug-likeness (QED) is 0.446. The third kappa shape index (κ3) is 2.09. The number of nitrogens with one attached hydrogen (secondary N) is 1. The van der Waals surface area contributed by atoms with Gasteiger partial charge in [-0.15, -0.1) is 0 Å². The Bertz CT molecular complexity index is 367. The van der Waals surface area contributed by atoms with Gasteiger partial charge in [-0.2, -0.15) is 0 Å². The molecule has 0 spiro atoms. The summed E-state index contributed by atoms with van der Waals surface area (Å²) in [5, 5.41) is 15.7. The molecule has 0 aromatic carbocycles. The number of halogens is 1. The van der Waals surface area contributed by atoms with Gasteiger partial charge in [0.05, 0.1) is 6.34 Å². The topological polar surface area (TPSA) is 77.3 Å². The number of aliphatic carboxylic acids is 1. The Hall–Kier alpha value is -1.98. The number of hydrogen-bond acceptors (Lipinski definition) is 3. The van der Waals surface area contributed by atoms with Crippen molar-refractivity contribution in [1.82, 2.24) is 4.98 Å². The van der Waals surface area contributed by atoms with E-state index in [2.05, 4.69) is 4.98 Å². The maximum atomic E-state index is 13.7. The summed E-state index contributed by atoms with van der Waals surface area (Å²) in [7, 11) is 0. The molecule has 1 aromatic heterocycles. The smallest absolute Gasteiger partial charge is 0.362 e. The van der Waals surface area contributed by atoms with Crippen LogP contribution in [0.15, 0.2) is 24.4 Å². The van der Waals surface area contributed by atoms with E-state index in [4.69, 9.17) is 10.5 Å². The lowest BCUT2D eigenvalue weighted by Crippen LogP contribution is -2.48.